The summed E-state index contributed by atoms with van der Waals surface area (Å²) >= 11 is 0. The topological polar surface area (TPSA) is 102 Å². The maximum absolute atomic E-state index is 14.5. The van der Waals surface area contributed by atoms with Gasteiger partial charge in [-0.3, -0.25) is 5.32 Å². The highest BCUT2D eigenvalue weighted by atomic mass is 28.4. The van der Waals surface area contributed by atoms with Crippen molar-refractivity contribution in [2.75, 3.05) is 10.6 Å². The molecule has 1 atom stereocenters. The van der Waals surface area contributed by atoms with E-state index in [1.807, 2.05) is 11.4 Å². The van der Waals surface area contributed by atoms with Crippen LogP contribution in [0.25, 0.3) is 0 Å². The first-order valence-corrected chi connectivity index (χ1v) is 17.5. The lowest BCUT2D eigenvalue weighted by atomic mass is 9.85. The van der Waals surface area contributed by atoms with Crippen LogP contribution in [0.5, 0.6) is 0 Å². The number of hydrogen-bond donors (Lipinski definition) is 3. The number of fused-ring (bicyclic) bond motifs is 1. The van der Waals surface area contributed by atoms with Crippen molar-refractivity contribution < 1.29 is 31.9 Å². The minimum Gasteiger partial charge on any atom is -0.444 e. The van der Waals surface area contributed by atoms with Gasteiger partial charge >= 0.3 is 18.3 Å². The molecular formula is C32H41F3N4O4Si. The number of alkyl halides is 3. The van der Waals surface area contributed by atoms with Gasteiger partial charge in [0.05, 0.1) is 6.61 Å². The molecule has 3 N–H and O–H groups in total. The van der Waals surface area contributed by atoms with E-state index in [0.717, 1.165) is 12.8 Å². The van der Waals surface area contributed by atoms with Crippen molar-refractivity contribution in [1.82, 2.24) is 10.3 Å². The molecule has 0 radical (unpaired) electrons. The van der Waals surface area contributed by atoms with Crippen LogP contribution in [-0.2, 0) is 27.7 Å². The van der Waals surface area contributed by atoms with E-state index in [0.29, 0.717) is 16.8 Å². The molecule has 3 amide bonds. The molecule has 1 aliphatic heterocycles. The van der Waals surface area contributed by atoms with Gasteiger partial charge in [0.1, 0.15) is 11.4 Å². The number of nitrogens with one attached hydrogen (secondary N) is 3. The molecule has 0 spiro atoms. The van der Waals surface area contributed by atoms with E-state index in [1.54, 1.807) is 32.9 Å². The molecule has 44 heavy (non-hydrogen) atoms. The van der Waals surface area contributed by atoms with Crippen molar-refractivity contribution in [3.63, 3.8) is 0 Å². The smallest absolute Gasteiger partial charge is 0.427 e. The Hall–Kier alpha value is -3.56. The van der Waals surface area contributed by atoms with Crippen molar-refractivity contribution >= 4 is 31.9 Å². The number of carbonyl (C=O) groups excluding carboxylic acids is 2. The first-order chi connectivity index (χ1) is 20.2. The van der Waals surface area contributed by atoms with Crippen LogP contribution in [0.1, 0.15) is 76.8 Å². The first kappa shape index (κ1) is 33.3. The zero-order valence-corrected chi connectivity index (χ0v) is 27.5. The van der Waals surface area contributed by atoms with E-state index >= 15 is 0 Å². The summed E-state index contributed by atoms with van der Waals surface area (Å²) in [5.41, 5.74) is -1.85. The molecule has 8 nitrogen and oxygen atoms in total. The molecule has 0 saturated heterocycles. The summed E-state index contributed by atoms with van der Waals surface area (Å²) in [6, 6.07) is 7.02. The highest BCUT2D eigenvalue weighted by molar-refractivity contribution is 6.74. The number of anilines is 2. The highest BCUT2D eigenvalue weighted by Crippen LogP contribution is 2.45. The van der Waals surface area contributed by atoms with E-state index in [9.17, 15) is 22.8 Å². The van der Waals surface area contributed by atoms with Crippen molar-refractivity contribution in [3.8, 4) is 11.8 Å². The summed E-state index contributed by atoms with van der Waals surface area (Å²) in [5.74, 6) is 5.22. The van der Waals surface area contributed by atoms with E-state index in [4.69, 9.17) is 9.16 Å². The van der Waals surface area contributed by atoms with Crippen LogP contribution >= 0.6 is 0 Å². The van der Waals surface area contributed by atoms with Crippen molar-refractivity contribution in [2.24, 2.45) is 5.92 Å². The number of aromatic nitrogens is 1. The number of nitrogens with zero attached hydrogens (tertiary/aromatic N) is 1. The van der Waals surface area contributed by atoms with Gasteiger partial charge < -0.3 is 19.8 Å². The third-order valence-corrected chi connectivity index (χ3v) is 12.4. The summed E-state index contributed by atoms with van der Waals surface area (Å²) in [6.45, 7) is 16.2. The van der Waals surface area contributed by atoms with Gasteiger partial charge in [0.15, 0.2) is 8.32 Å². The number of pyridine rings is 1. The standard InChI is InChI=1S/C32H41F3N4O4Si/c1-29(2,3)43-28(41)38-26-22(19-42-44(7,8)30(4,5)6)12-13-23(36-26)17-21-11-14-24-25(18-21)37-27(40)39-31(24,32(33,34)35)16-15-20-9-10-20/h11-14,18,20H,9-10,17,19H2,1-8H3,(H,36,38,41)(H2,37,39,40)/t31-/m0/s1. The SMILES string of the molecule is CC(C)(C)OC(=O)Nc1nc(Cc2ccc3c(c2)NC(=O)N[C@]3(C#CC2CC2)C(F)(F)F)ccc1CO[Si](C)(C)C(C)(C)C. The van der Waals surface area contributed by atoms with Gasteiger partial charge in [-0.25, -0.2) is 14.6 Å². The van der Waals surface area contributed by atoms with Gasteiger partial charge in [0.25, 0.3) is 0 Å². The van der Waals surface area contributed by atoms with Gasteiger partial charge in [-0.15, -0.1) is 0 Å². The molecule has 2 aromatic rings. The molecule has 4 rings (SSSR count). The monoisotopic (exact) mass is 630 g/mol. The van der Waals surface area contributed by atoms with Gasteiger partial charge in [0.2, 0.25) is 5.54 Å². The number of benzene rings is 1. The Morgan fingerprint density at radius 2 is 1.80 bits per heavy atom. The average Bonchev–Trinajstić information content (AvgIpc) is 3.68. The van der Waals surface area contributed by atoms with Crippen LogP contribution in [0.15, 0.2) is 30.3 Å². The predicted octanol–water partition coefficient (Wildman–Crippen LogP) is 7.85. The van der Waals surface area contributed by atoms with Crippen molar-refractivity contribution in [1.29, 1.82) is 0 Å². The molecule has 1 aromatic carbocycles. The number of halogens is 3. The second-order valence-electron chi connectivity index (χ2n) is 13.9. The lowest BCUT2D eigenvalue weighted by Crippen LogP contribution is -2.59. The second-order valence-corrected chi connectivity index (χ2v) is 18.7. The van der Waals surface area contributed by atoms with Crippen LogP contribution in [0, 0.1) is 17.8 Å². The molecule has 1 aromatic heterocycles. The number of ether oxygens (including phenoxy) is 1. The number of amides is 3. The quantitative estimate of drug-likeness (QED) is 0.223. The van der Waals surface area contributed by atoms with Gasteiger partial charge in [0, 0.05) is 34.8 Å². The molecule has 0 bridgehead atoms. The Kier molecular flexibility index (Phi) is 8.90. The molecule has 1 fully saturated rings. The number of rotatable bonds is 6. The van der Waals surface area contributed by atoms with Gasteiger partial charge in [-0.05, 0) is 69.4 Å². The fourth-order valence-electron chi connectivity index (χ4n) is 4.29. The third kappa shape index (κ3) is 7.74. The fourth-order valence-corrected chi connectivity index (χ4v) is 5.24. The minimum atomic E-state index is -4.84. The summed E-state index contributed by atoms with van der Waals surface area (Å²) < 4.78 is 55.2. The van der Waals surface area contributed by atoms with E-state index in [-0.39, 0.29) is 41.1 Å². The normalized spacial score (nSPS) is 18.8. The van der Waals surface area contributed by atoms with Crippen LogP contribution < -0.4 is 16.0 Å². The molecule has 1 aliphatic carbocycles. The lowest BCUT2D eigenvalue weighted by molar-refractivity contribution is -0.178. The number of hydrogen-bond acceptors (Lipinski definition) is 5. The number of urea groups is 1. The Morgan fingerprint density at radius 1 is 1.11 bits per heavy atom. The Morgan fingerprint density at radius 3 is 2.39 bits per heavy atom. The van der Waals surface area contributed by atoms with Crippen LogP contribution in [0.2, 0.25) is 18.1 Å². The summed E-state index contributed by atoms with van der Waals surface area (Å²) in [4.78, 5) is 29.8. The highest BCUT2D eigenvalue weighted by Gasteiger charge is 2.59. The zero-order chi connectivity index (χ0) is 32.7. The molecule has 238 valence electrons. The molecule has 2 aliphatic rings. The summed E-state index contributed by atoms with van der Waals surface area (Å²) in [6.07, 6.45) is -3.80. The van der Waals surface area contributed by atoms with E-state index < -0.39 is 37.8 Å². The Labute approximate surface area is 258 Å². The maximum atomic E-state index is 14.5. The lowest BCUT2D eigenvalue weighted by Gasteiger charge is -2.37. The molecule has 1 saturated carbocycles. The van der Waals surface area contributed by atoms with Crippen molar-refractivity contribution in [2.45, 2.75) is 103 Å². The minimum absolute atomic E-state index is 0.0241. The largest absolute Gasteiger partial charge is 0.444 e. The maximum Gasteiger partial charge on any atom is 0.427 e. The molecule has 0 unspecified atom stereocenters. The Balaban J connectivity index is 1.65. The number of carbonyl (C=O) groups is 2. The van der Waals surface area contributed by atoms with E-state index in [2.05, 4.69) is 61.3 Å². The Bertz CT molecular complexity index is 1500. The van der Waals surface area contributed by atoms with E-state index in [1.165, 1.54) is 12.1 Å². The second kappa shape index (κ2) is 11.7. The van der Waals surface area contributed by atoms with Gasteiger partial charge in [-0.1, -0.05) is 50.8 Å². The predicted molar refractivity (Wildman–Crippen MR) is 166 cm³/mol. The third-order valence-electron chi connectivity index (χ3n) is 7.94. The fraction of sp³-hybridized carbons (Fsp3) is 0.531. The van der Waals surface area contributed by atoms with Crippen LogP contribution in [0.3, 0.4) is 0 Å². The van der Waals surface area contributed by atoms with Crippen molar-refractivity contribution in [3.05, 3.63) is 52.7 Å². The summed E-state index contributed by atoms with van der Waals surface area (Å²) in [7, 11) is -2.12. The van der Waals surface area contributed by atoms with Gasteiger partial charge in [-0.2, -0.15) is 13.2 Å². The molecule has 2 heterocycles. The van der Waals surface area contributed by atoms with Crippen LogP contribution in [0.4, 0.5) is 34.3 Å². The zero-order valence-electron chi connectivity index (χ0n) is 26.5. The first-order valence-electron chi connectivity index (χ1n) is 14.6. The van der Waals surface area contributed by atoms with Crippen LogP contribution in [-0.4, -0.2) is 37.2 Å². The molecule has 12 heteroatoms. The molecular weight excluding hydrogens is 589 g/mol. The average molecular weight is 631 g/mol. The summed E-state index contributed by atoms with van der Waals surface area (Å²) in [5, 5.41) is 7.25.